The van der Waals surface area contributed by atoms with Crippen LogP contribution in [-0.2, 0) is 25.7 Å². The number of rotatable bonds is 13. The highest BCUT2D eigenvalue weighted by molar-refractivity contribution is 7.20. The number of carbonyl (C=O) groups excluding carboxylic acids is 5. The van der Waals surface area contributed by atoms with Crippen molar-refractivity contribution in [1.29, 1.82) is 0 Å². The molecule has 0 bridgehead atoms. The maximum Gasteiger partial charge on any atom is 0.289 e. The van der Waals surface area contributed by atoms with Gasteiger partial charge in [-0.25, -0.2) is 0 Å². The lowest BCUT2D eigenvalue weighted by Crippen LogP contribution is -2.51. The Balaban J connectivity index is 1.33. The van der Waals surface area contributed by atoms with E-state index in [1.54, 1.807) is 0 Å². The van der Waals surface area contributed by atoms with E-state index in [1.807, 2.05) is 60.7 Å². The fourth-order valence-electron chi connectivity index (χ4n) is 6.44. The van der Waals surface area contributed by atoms with Gasteiger partial charge in [0.05, 0.1) is 10.9 Å². The first-order chi connectivity index (χ1) is 21.4. The molecule has 3 amide bonds. The maximum absolute atomic E-state index is 14.0. The first-order valence-electron chi connectivity index (χ1n) is 15.8. The number of hydrogen-bond acceptors (Lipinski definition) is 6. The van der Waals surface area contributed by atoms with E-state index in [2.05, 4.69) is 16.0 Å². The summed E-state index contributed by atoms with van der Waals surface area (Å²) in [7, 11) is 0. The number of piperidine rings is 1. The van der Waals surface area contributed by atoms with Gasteiger partial charge in [0, 0.05) is 36.0 Å². The molecule has 1 aliphatic carbocycles. The molecule has 232 valence electrons. The number of Topliss-reactive ketones (excluding diaryl/α,β-unsaturated/α-hetero) is 2. The zero-order valence-electron chi connectivity index (χ0n) is 25.0. The zero-order chi connectivity index (χ0) is 30.9. The minimum absolute atomic E-state index is 0.0280. The molecule has 9 heteroatoms. The van der Waals surface area contributed by atoms with Gasteiger partial charge in [-0.05, 0) is 54.7 Å². The predicted molar refractivity (Wildman–Crippen MR) is 171 cm³/mol. The van der Waals surface area contributed by atoms with Gasteiger partial charge < -0.3 is 16.0 Å². The minimum Gasteiger partial charge on any atom is -0.356 e. The lowest BCUT2D eigenvalue weighted by Gasteiger charge is -2.29. The van der Waals surface area contributed by atoms with Crippen molar-refractivity contribution in [3.63, 3.8) is 0 Å². The molecule has 8 nitrogen and oxygen atoms in total. The van der Waals surface area contributed by atoms with Gasteiger partial charge in [-0.1, -0.05) is 80.6 Å². The molecule has 44 heavy (non-hydrogen) atoms. The van der Waals surface area contributed by atoms with E-state index < -0.39 is 35.5 Å². The molecule has 2 heterocycles. The summed E-state index contributed by atoms with van der Waals surface area (Å²) >= 11 is 1.42. The van der Waals surface area contributed by atoms with Gasteiger partial charge in [-0.3, -0.25) is 24.0 Å². The SMILES string of the molecule is O=C(NCc1ccccc1)C(=O)[C@H](C[C@@H]1CCCNC1=O)NC(=O)[C@@H](CC(=O)c1cc2ccccc2s1)CC1CCCCC1. The van der Waals surface area contributed by atoms with E-state index in [0.29, 0.717) is 30.2 Å². The molecule has 2 fully saturated rings. The number of ketones is 2. The molecule has 5 rings (SSSR count). The lowest BCUT2D eigenvalue weighted by atomic mass is 9.80. The van der Waals surface area contributed by atoms with E-state index in [4.69, 9.17) is 0 Å². The number of fused-ring (bicyclic) bond motifs is 1. The number of carbonyl (C=O) groups is 5. The van der Waals surface area contributed by atoms with Crippen LogP contribution in [0.1, 0.15) is 79.4 Å². The van der Waals surface area contributed by atoms with Crippen molar-refractivity contribution in [2.45, 2.75) is 76.8 Å². The number of nitrogens with one attached hydrogen (secondary N) is 3. The lowest BCUT2D eigenvalue weighted by molar-refractivity contribution is -0.141. The van der Waals surface area contributed by atoms with E-state index in [1.165, 1.54) is 17.8 Å². The summed E-state index contributed by atoms with van der Waals surface area (Å²) in [6, 6.07) is 17.8. The monoisotopic (exact) mass is 615 g/mol. The van der Waals surface area contributed by atoms with Gasteiger partial charge in [0.15, 0.2) is 5.78 Å². The quantitative estimate of drug-likeness (QED) is 0.177. The molecule has 0 unspecified atom stereocenters. The van der Waals surface area contributed by atoms with Crippen LogP contribution in [0.25, 0.3) is 10.1 Å². The molecule has 3 atom stereocenters. The molecule has 3 aromatic rings. The number of thiophene rings is 1. The Kier molecular flexibility index (Phi) is 10.9. The standard InChI is InChI=1S/C35H41N3O5S/c39-29(31-21-25-14-7-8-16-30(25)44-31)20-27(18-23-10-3-1-4-11-23)34(42)38-28(19-26-15-9-17-36-33(26)41)32(40)35(43)37-22-24-12-5-2-6-13-24/h2,5-8,12-14,16,21,23,26-28H,1,3-4,9-11,15,17-20,22H2,(H,36,41)(H,37,43)(H,38,42)/t26-,27+,28-/m0/s1. The van der Waals surface area contributed by atoms with Crippen LogP contribution < -0.4 is 16.0 Å². The number of benzene rings is 2. The first kappa shape index (κ1) is 31.6. The third-order valence-electron chi connectivity index (χ3n) is 8.92. The van der Waals surface area contributed by atoms with Crippen molar-refractivity contribution in [2.75, 3.05) is 6.54 Å². The van der Waals surface area contributed by atoms with Crippen LogP contribution >= 0.6 is 11.3 Å². The van der Waals surface area contributed by atoms with E-state index in [0.717, 1.165) is 47.8 Å². The van der Waals surface area contributed by atoms with E-state index >= 15 is 0 Å². The predicted octanol–water partition coefficient (Wildman–Crippen LogP) is 5.35. The second-order valence-corrected chi connectivity index (χ2v) is 13.3. The smallest absolute Gasteiger partial charge is 0.289 e. The average molecular weight is 616 g/mol. The van der Waals surface area contributed by atoms with Crippen LogP contribution in [0.2, 0.25) is 0 Å². The molecule has 2 aliphatic rings. The van der Waals surface area contributed by atoms with E-state index in [-0.39, 0.29) is 31.1 Å². The van der Waals surface area contributed by atoms with Crippen molar-refractivity contribution < 1.29 is 24.0 Å². The Labute approximate surface area is 262 Å². The van der Waals surface area contributed by atoms with Crippen LogP contribution in [0.3, 0.4) is 0 Å². The topological polar surface area (TPSA) is 121 Å². The van der Waals surface area contributed by atoms with E-state index in [9.17, 15) is 24.0 Å². The van der Waals surface area contributed by atoms with Gasteiger partial charge in [-0.15, -0.1) is 11.3 Å². The molecule has 0 spiro atoms. The van der Waals surface area contributed by atoms with Crippen molar-refractivity contribution in [3.05, 3.63) is 71.1 Å². The Hall–Kier alpha value is -3.85. The molecular formula is C35H41N3O5S. The second-order valence-electron chi connectivity index (χ2n) is 12.2. The minimum atomic E-state index is -1.17. The van der Waals surface area contributed by atoms with Crippen LogP contribution in [0.15, 0.2) is 60.7 Å². The second kappa shape index (κ2) is 15.2. The highest BCUT2D eigenvalue weighted by Gasteiger charge is 2.35. The molecule has 3 N–H and O–H groups in total. The molecule has 1 aliphatic heterocycles. The summed E-state index contributed by atoms with van der Waals surface area (Å²) < 4.78 is 1.02. The third kappa shape index (κ3) is 8.40. The Morgan fingerprint density at radius 1 is 0.886 bits per heavy atom. The van der Waals surface area contributed by atoms with Crippen molar-refractivity contribution in [2.24, 2.45) is 17.8 Å². The number of hydrogen-bond donors (Lipinski definition) is 3. The fraction of sp³-hybridized carbons (Fsp3) is 0.457. The molecule has 0 radical (unpaired) electrons. The summed E-state index contributed by atoms with van der Waals surface area (Å²) in [6.45, 7) is 0.741. The molecule has 1 saturated carbocycles. The van der Waals surface area contributed by atoms with Crippen molar-refractivity contribution in [1.82, 2.24) is 16.0 Å². The zero-order valence-corrected chi connectivity index (χ0v) is 25.8. The molecular weight excluding hydrogens is 574 g/mol. The largest absolute Gasteiger partial charge is 0.356 e. The average Bonchev–Trinajstić information content (AvgIpc) is 3.49. The molecule has 1 saturated heterocycles. The van der Waals surface area contributed by atoms with Crippen LogP contribution in [0, 0.1) is 17.8 Å². The van der Waals surface area contributed by atoms with Gasteiger partial charge in [0.25, 0.3) is 5.91 Å². The normalized spacial score (nSPS) is 18.6. The van der Waals surface area contributed by atoms with Gasteiger partial charge in [-0.2, -0.15) is 0 Å². The summed E-state index contributed by atoms with van der Waals surface area (Å²) in [6.07, 6.45) is 7.34. The van der Waals surface area contributed by atoms with Crippen LogP contribution in [0.5, 0.6) is 0 Å². The van der Waals surface area contributed by atoms with Gasteiger partial charge in [0.1, 0.15) is 0 Å². The molecule has 2 aromatic carbocycles. The first-order valence-corrected chi connectivity index (χ1v) is 16.6. The summed E-state index contributed by atoms with van der Waals surface area (Å²) in [5, 5.41) is 9.35. The van der Waals surface area contributed by atoms with Crippen LogP contribution in [0.4, 0.5) is 0 Å². The highest BCUT2D eigenvalue weighted by atomic mass is 32.1. The van der Waals surface area contributed by atoms with Crippen molar-refractivity contribution >= 4 is 50.7 Å². The maximum atomic E-state index is 14.0. The number of amides is 3. The fourth-order valence-corrected chi connectivity index (χ4v) is 7.45. The summed E-state index contributed by atoms with van der Waals surface area (Å²) in [5.41, 5.74) is 0.841. The Morgan fingerprint density at radius 2 is 1.64 bits per heavy atom. The highest BCUT2D eigenvalue weighted by Crippen LogP contribution is 2.33. The van der Waals surface area contributed by atoms with Crippen LogP contribution in [-0.4, -0.2) is 41.9 Å². The summed E-state index contributed by atoms with van der Waals surface area (Å²) in [5.74, 6) is -3.07. The molecule has 1 aromatic heterocycles. The Morgan fingerprint density at radius 3 is 2.39 bits per heavy atom. The third-order valence-corrected chi connectivity index (χ3v) is 10.1. The van der Waals surface area contributed by atoms with Gasteiger partial charge in [0.2, 0.25) is 17.6 Å². The van der Waals surface area contributed by atoms with Crippen molar-refractivity contribution in [3.8, 4) is 0 Å². The summed E-state index contributed by atoms with van der Waals surface area (Å²) in [4.78, 5) is 67.2. The van der Waals surface area contributed by atoms with Gasteiger partial charge >= 0.3 is 0 Å². The Bertz CT molecular complexity index is 1450.